The number of thioether (sulfide) groups is 1. The zero-order valence-corrected chi connectivity index (χ0v) is 10.8. The molecule has 0 aromatic heterocycles. The summed E-state index contributed by atoms with van der Waals surface area (Å²) in [6, 6.07) is -0.169. The molecule has 0 saturated heterocycles. The molecule has 0 aliphatic carbocycles. The van der Waals surface area contributed by atoms with E-state index in [0.717, 1.165) is 31.7 Å². The fraction of sp³-hybridized carbons (Fsp3) is 0.900. The number of carbonyl (C=O) groups excluding carboxylic acids is 1. The molecule has 0 radical (unpaired) electrons. The molecule has 0 aliphatic rings. The van der Waals surface area contributed by atoms with E-state index in [2.05, 4.69) is 16.5 Å². The molecule has 0 aromatic rings. The predicted molar refractivity (Wildman–Crippen MR) is 67.2 cm³/mol. The molecule has 0 fully saturated rings. The van der Waals surface area contributed by atoms with Crippen LogP contribution in [0.3, 0.4) is 0 Å². The minimum Gasteiger partial charge on any atom is -0.368 e. The van der Waals surface area contributed by atoms with E-state index in [4.69, 9.17) is 5.73 Å². The number of nitrogens with zero attached hydrogens (tertiary/aromatic N) is 1. The van der Waals surface area contributed by atoms with Crippen LogP contribution >= 0.6 is 11.8 Å². The maximum Gasteiger partial charge on any atom is 0.234 e. The van der Waals surface area contributed by atoms with E-state index in [-0.39, 0.29) is 11.9 Å². The third-order valence-electron chi connectivity index (χ3n) is 2.13. The summed E-state index contributed by atoms with van der Waals surface area (Å²) in [5.74, 6) is 0.842. The molecule has 5 heteroatoms. The van der Waals surface area contributed by atoms with Crippen molar-refractivity contribution < 1.29 is 4.79 Å². The van der Waals surface area contributed by atoms with Gasteiger partial charge < -0.3 is 16.0 Å². The fourth-order valence-corrected chi connectivity index (χ4v) is 1.69. The molecule has 0 bridgehead atoms. The number of nitrogens with one attached hydrogen (secondary N) is 1. The van der Waals surface area contributed by atoms with Gasteiger partial charge in [0, 0.05) is 13.1 Å². The van der Waals surface area contributed by atoms with Crippen molar-refractivity contribution in [1.29, 1.82) is 0 Å². The van der Waals surface area contributed by atoms with Crippen LogP contribution in [-0.4, -0.2) is 56.0 Å². The van der Waals surface area contributed by atoms with Crippen LogP contribution in [0.5, 0.6) is 0 Å². The summed E-state index contributed by atoms with van der Waals surface area (Å²) in [7, 11) is 4.02. The first-order valence-corrected chi connectivity index (χ1v) is 6.63. The van der Waals surface area contributed by atoms with Gasteiger partial charge in [0.05, 0.1) is 6.04 Å². The van der Waals surface area contributed by atoms with Gasteiger partial charge in [0.25, 0.3) is 0 Å². The second-order valence-corrected chi connectivity index (χ2v) is 4.83. The first kappa shape index (κ1) is 14.7. The Morgan fingerprint density at radius 1 is 1.53 bits per heavy atom. The van der Waals surface area contributed by atoms with E-state index >= 15 is 0 Å². The van der Waals surface area contributed by atoms with E-state index in [1.165, 1.54) is 0 Å². The molecule has 0 spiro atoms. The Balaban J connectivity index is 3.69. The molecule has 0 aromatic carbocycles. The summed E-state index contributed by atoms with van der Waals surface area (Å²) >= 11 is 1.80. The van der Waals surface area contributed by atoms with Crippen molar-refractivity contribution in [2.75, 3.05) is 39.2 Å². The van der Waals surface area contributed by atoms with E-state index in [0.29, 0.717) is 0 Å². The quantitative estimate of drug-likeness (QED) is 0.556. The number of likely N-dealkylation sites (N-methyl/N-ethyl adjacent to an activating group) is 1. The van der Waals surface area contributed by atoms with Crippen LogP contribution < -0.4 is 11.1 Å². The smallest absolute Gasteiger partial charge is 0.234 e. The number of hydrogen-bond acceptors (Lipinski definition) is 4. The monoisotopic (exact) mass is 233 g/mol. The van der Waals surface area contributed by atoms with Crippen molar-refractivity contribution in [3.05, 3.63) is 0 Å². The van der Waals surface area contributed by atoms with Crippen LogP contribution in [0.4, 0.5) is 0 Å². The Morgan fingerprint density at radius 3 is 2.67 bits per heavy atom. The van der Waals surface area contributed by atoms with Crippen LogP contribution in [0.25, 0.3) is 0 Å². The summed E-state index contributed by atoms with van der Waals surface area (Å²) < 4.78 is 0. The van der Waals surface area contributed by atoms with Gasteiger partial charge in [-0.25, -0.2) is 0 Å². The van der Waals surface area contributed by atoms with Crippen LogP contribution in [0, 0.1) is 0 Å². The molecule has 3 N–H and O–H groups in total. The number of carbonyl (C=O) groups is 1. The molecule has 15 heavy (non-hydrogen) atoms. The third-order valence-corrected chi connectivity index (χ3v) is 2.83. The number of primary amides is 1. The maximum atomic E-state index is 11.1. The second-order valence-electron chi connectivity index (χ2n) is 3.85. The summed E-state index contributed by atoms with van der Waals surface area (Å²) in [4.78, 5) is 13.2. The van der Waals surface area contributed by atoms with Crippen molar-refractivity contribution in [3.63, 3.8) is 0 Å². The lowest BCUT2D eigenvalue weighted by Crippen LogP contribution is -2.43. The highest BCUT2D eigenvalue weighted by Crippen LogP contribution is 2.02. The van der Waals surface area contributed by atoms with Crippen molar-refractivity contribution >= 4 is 17.7 Å². The molecule has 1 unspecified atom stereocenters. The van der Waals surface area contributed by atoms with Crippen molar-refractivity contribution in [2.45, 2.75) is 18.9 Å². The maximum absolute atomic E-state index is 11.1. The second kappa shape index (κ2) is 9.00. The molecule has 0 rings (SSSR count). The molecule has 0 aliphatic heterocycles. The predicted octanol–water partition coefficient (Wildman–Crippen LogP) is 0.135. The molecule has 0 saturated carbocycles. The minimum absolute atomic E-state index is 0.169. The van der Waals surface area contributed by atoms with E-state index in [9.17, 15) is 4.79 Å². The van der Waals surface area contributed by atoms with Crippen LogP contribution in [0.2, 0.25) is 0 Å². The topological polar surface area (TPSA) is 58.4 Å². The lowest BCUT2D eigenvalue weighted by molar-refractivity contribution is -0.120. The van der Waals surface area contributed by atoms with Crippen molar-refractivity contribution in [1.82, 2.24) is 10.2 Å². The van der Waals surface area contributed by atoms with E-state index in [1.807, 2.05) is 14.1 Å². The van der Waals surface area contributed by atoms with Crippen molar-refractivity contribution in [3.8, 4) is 0 Å². The molecule has 1 amide bonds. The molecular weight excluding hydrogens is 210 g/mol. The first-order chi connectivity index (χ1) is 7.07. The standard InChI is InChI=1S/C10H23N3OS/c1-13(2)7-6-12-9(10(11)14)5-4-8-15-3/h9,12H,4-8H2,1-3H3,(H2,11,14). The number of nitrogens with two attached hydrogens (primary N) is 1. The highest BCUT2D eigenvalue weighted by molar-refractivity contribution is 7.98. The van der Waals surface area contributed by atoms with Gasteiger partial charge in [-0.05, 0) is 38.9 Å². The van der Waals surface area contributed by atoms with Gasteiger partial charge in [-0.3, -0.25) is 4.79 Å². The van der Waals surface area contributed by atoms with Crippen LogP contribution in [0.15, 0.2) is 0 Å². The van der Waals surface area contributed by atoms with Gasteiger partial charge in [0.1, 0.15) is 0 Å². The summed E-state index contributed by atoms with van der Waals surface area (Å²) in [6.45, 7) is 1.73. The van der Waals surface area contributed by atoms with Gasteiger partial charge >= 0.3 is 0 Å². The molecule has 4 nitrogen and oxygen atoms in total. The summed E-state index contributed by atoms with van der Waals surface area (Å²) in [5, 5.41) is 3.18. The lowest BCUT2D eigenvalue weighted by Gasteiger charge is -2.17. The van der Waals surface area contributed by atoms with Gasteiger partial charge in [-0.1, -0.05) is 0 Å². The molecule has 1 atom stereocenters. The van der Waals surface area contributed by atoms with Crippen LogP contribution in [0.1, 0.15) is 12.8 Å². The average molecular weight is 233 g/mol. The van der Waals surface area contributed by atoms with Crippen LogP contribution in [-0.2, 0) is 4.79 Å². The molecule has 0 heterocycles. The average Bonchev–Trinajstić information content (AvgIpc) is 2.15. The Morgan fingerprint density at radius 2 is 2.20 bits per heavy atom. The van der Waals surface area contributed by atoms with Gasteiger partial charge in [-0.2, -0.15) is 11.8 Å². The SMILES string of the molecule is CSCCCC(NCCN(C)C)C(N)=O. The van der Waals surface area contributed by atoms with Gasteiger partial charge in [-0.15, -0.1) is 0 Å². The summed E-state index contributed by atoms with van der Waals surface area (Å²) in [5.41, 5.74) is 5.31. The molecular formula is C10H23N3OS. The minimum atomic E-state index is -0.241. The number of rotatable bonds is 9. The largest absolute Gasteiger partial charge is 0.368 e. The van der Waals surface area contributed by atoms with Gasteiger partial charge in [0.2, 0.25) is 5.91 Å². The fourth-order valence-electron chi connectivity index (χ4n) is 1.24. The number of amides is 1. The van der Waals surface area contributed by atoms with E-state index in [1.54, 1.807) is 11.8 Å². The van der Waals surface area contributed by atoms with Gasteiger partial charge in [0.15, 0.2) is 0 Å². The Labute approximate surface area is 97.0 Å². The lowest BCUT2D eigenvalue weighted by atomic mass is 10.1. The first-order valence-electron chi connectivity index (χ1n) is 5.24. The normalized spacial score (nSPS) is 13.1. The zero-order chi connectivity index (χ0) is 11.7. The molecule has 90 valence electrons. The summed E-state index contributed by atoms with van der Waals surface area (Å²) in [6.07, 6.45) is 3.94. The Bertz CT molecular complexity index is 176. The number of hydrogen-bond donors (Lipinski definition) is 2. The highest BCUT2D eigenvalue weighted by atomic mass is 32.2. The zero-order valence-electron chi connectivity index (χ0n) is 9.95. The van der Waals surface area contributed by atoms with Crippen molar-refractivity contribution in [2.24, 2.45) is 5.73 Å². The Hall–Kier alpha value is -0.260. The van der Waals surface area contributed by atoms with E-state index < -0.39 is 0 Å². The highest BCUT2D eigenvalue weighted by Gasteiger charge is 2.13. The Kier molecular flexibility index (Phi) is 8.85. The third kappa shape index (κ3) is 8.72.